The number of hydrogen-bond donors (Lipinski definition) is 2. The Morgan fingerprint density at radius 3 is 2.66 bits per heavy atom. The van der Waals surface area contributed by atoms with Crippen LogP contribution in [0.15, 0.2) is 36.4 Å². The second-order valence-electron chi connectivity index (χ2n) is 10.4. The van der Waals surface area contributed by atoms with Gasteiger partial charge in [0, 0.05) is 69.6 Å². The number of fused-ring (bicyclic) bond motifs is 1. The van der Waals surface area contributed by atoms with Crippen LogP contribution in [0.1, 0.15) is 82.6 Å². The lowest BCUT2D eigenvalue weighted by atomic mass is 9.98. The number of amides is 3. The average Bonchev–Trinajstić information content (AvgIpc) is 3.15. The van der Waals surface area contributed by atoms with Gasteiger partial charge in [0.1, 0.15) is 11.8 Å². The van der Waals surface area contributed by atoms with E-state index in [2.05, 4.69) is 5.32 Å². The van der Waals surface area contributed by atoms with Crippen LogP contribution in [0, 0.1) is 5.82 Å². The monoisotopic (exact) mass is 533 g/mol. The Kier molecular flexibility index (Phi) is 4.11. The van der Waals surface area contributed by atoms with Crippen LogP contribution in [0.25, 0.3) is 0 Å². The second-order valence-corrected chi connectivity index (χ2v) is 10.4. The molecule has 1 unspecified atom stereocenters. The number of rotatable bonds is 6. The normalized spacial score (nSPS) is 33.8. The number of imide groups is 1. The van der Waals surface area contributed by atoms with Crippen molar-refractivity contribution in [2.24, 2.45) is 0 Å². The van der Waals surface area contributed by atoms with Gasteiger partial charge in [0.15, 0.2) is 0 Å². The van der Waals surface area contributed by atoms with Gasteiger partial charge in [0.25, 0.3) is 5.91 Å². The van der Waals surface area contributed by atoms with E-state index in [-0.39, 0.29) is 23.6 Å². The summed E-state index contributed by atoms with van der Waals surface area (Å²) in [5.41, 5.74) is -3.94. The van der Waals surface area contributed by atoms with E-state index in [1.54, 1.807) is 27.7 Å². The number of nitrogens with one attached hydrogen (secondary N) is 2. The minimum atomic E-state index is -3.78. The Balaban J connectivity index is 1.55. The molecule has 202 valence electrons. The summed E-state index contributed by atoms with van der Waals surface area (Å²) in [5, 5.41) is 3.87. The number of carbonyl (C=O) groups is 3. The lowest BCUT2D eigenvalue weighted by molar-refractivity contribution is -0.182. The molecule has 0 aliphatic carbocycles. The standard InChI is InChI=1S/C29H35FN4O4/c1-28(2)16-33(17-29(3,4)38-28)14-18-8-9-22(30)19(12-18)13-31-23-7-5-6-20-21(23)15-34(27(20)37)24-10-11-25(35)32-26(24)36/h5-9,12,24,31H,10-11,13-17H2,1-4H3,(H,32,35,36)/i10D2,11D2,13D2,14D2,15D2,24D. The van der Waals surface area contributed by atoms with Crippen molar-refractivity contribution in [1.82, 2.24) is 15.1 Å². The molecule has 3 amide bonds. The zero-order valence-electron chi connectivity index (χ0n) is 32.3. The molecule has 38 heavy (non-hydrogen) atoms. The van der Waals surface area contributed by atoms with Gasteiger partial charge in [-0.3, -0.25) is 24.6 Å². The second kappa shape index (κ2) is 9.78. The maximum atomic E-state index is 15.4. The van der Waals surface area contributed by atoms with Crippen molar-refractivity contribution in [3.8, 4) is 0 Å². The molecule has 5 rings (SSSR count). The number of anilines is 1. The van der Waals surface area contributed by atoms with Gasteiger partial charge in [-0.15, -0.1) is 0 Å². The lowest BCUT2D eigenvalue weighted by Crippen LogP contribution is -2.56. The first kappa shape index (κ1) is 16.0. The van der Waals surface area contributed by atoms with E-state index in [9.17, 15) is 14.4 Å². The van der Waals surface area contributed by atoms with Crippen LogP contribution >= 0.6 is 0 Å². The summed E-state index contributed by atoms with van der Waals surface area (Å²) in [5.74, 6) is -6.04. The molecule has 3 aliphatic rings. The van der Waals surface area contributed by atoms with Gasteiger partial charge in [0.2, 0.25) is 11.8 Å². The van der Waals surface area contributed by atoms with Crippen LogP contribution in [-0.4, -0.2) is 57.8 Å². The number of hydrogen-bond acceptors (Lipinski definition) is 6. The van der Waals surface area contributed by atoms with Crippen molar-refractivity contribution < 1.29 is 38.6 Å². The maximum Gasteiger partial charge on any atom is 0.255 e. The van der Waals surface area contributed by atoms with E-state index in [0.717, 1.165) is 24.3 Å². The molecular weight excluding hydrogens is 487 g/mol. The molecule has 2 aromatic rings. The lowest BCUT2D eigenvalue weighted by Gasteiger charge is -2.47. The quantitative estimate of drug-likeness (QED) is 0.552. The summed E-state index contributed by atoms with van der Waals surface area (Å²) in [6, 6.07) is 2.77. The van der Waals surface area contributed by atoms with E-state index in [1.165, 1.54) is 22.3 Å². The molecule has 2 N–H and O–H groups in total. The number of carbonyl (C=O) groups excluding carboxylic acids is 3. The van der Waals surface area contributed by atoms with Crippen LogP contribution in [0.4, 0.5) is 10.1 Å². The van der Waals surface area contributed by atoms with Gasteiger partial charge in [-0.25, -0.2) is 4.39 Å². The highest BCUT2D eigenvalue weighted by Crippen LogP contribution is 2.33. The molecule has 3 aliphatic heterocycles. The van der Waals surface area contributed by atoms with Crippen molar-refractivity contribution in [1.29, 1.82) is 0 Å². The largest absolute Gasteiger partial charge is 0.381 e. The summed E-state index contributed by atoms with van der Waals surface area (Å²) in [4.78, 5) is 40.2. The van der Waals surface area contributed by atoms with Gasteiger partial charge >= 0.3 is 0 Å². The Morgan fingerprint density at radius 2 is 1.92 bits per heavy atom. The third-order valence-electron chi connectivity index (χ3n) is 5.96. The van der Waals surface area contributed by atoms with Gasteiger partial charge in [-0.1, -0.05) is 12.1 Å². The number of morpholine rings is 1. The zero-order valence-corrected chi connectivity index (χ0v) is 21.3. The Bertz CT molecular complexity index is 1760. The molecule has 0 aromatic heterocycles. The topological polar surface area (TPSA) is 91.0 Å². The van der Waals surface area contributed by atoms with Gasteiger partial charge in [0.05, 0.1) is 18.1 Å². The summed E-state index contributed by atoms with van der Waals surface area (Å²) in [7, 11) is 0. The SMILES string of the molecule is [2H]C([2H])(Nc1cccc2c1C([2H])([2H])N(C1([2H])C(=O)NC(=O)C([2H])([2H])C1([2H])[2H])C2=O)c1cc(C([2H])([2H])N2CC(C)(C)OC(C)(C)C2)ccc1F. The molecule has 2 aromatic carbocycles. The predicted molar refractivity (Wildman–Crippen MR) is 141 cm³/mol. The Hall–Kier alpha value is -3.30. The minimum absolute atomic E-state index is 0.0939. The first-order chi connectivity index (χ1) is 22.0. The molecule has 0 bridgehead atoms. The van der Waals surface area contributed by atoms with E-state index < -0.39 is 95.4 Å². The molecule has 1 atom stereocenters. The molecule has 0 radical (unpaired) electrons. The highest BCUT2D eigenvalue weighted by molar-refractivity contribution is 6.06. The summed E-state index contributed by atoms with van der Waals surface area (Å²) in [6.07, 6.45) is -7.34. The third-order valence-corrected chi connectivity index (χ3v) is 5.96. The zero-order chi connectivity index (χ0) is 37.1. The predicted octanol–water partition coefficient (Wildman–Crippen LogP) is 3.59. The Labute approximate surface area is 238 Å². The van der Waals surface area contributed by atoms with Crippen LogP contribution in [0.3, 0.4) is 0 Å². The fraction of sp³-hybridized carbons (Fsp3) is 0.483. The van der Waals surface area contributed by atoms with Gasteiger partial charge < -0.3 is 15.0 Å². The van der Waals surface area contributed by atoms with Crippen LogP contribution in [-0.2, 0) is 33.8 Å². The summed E-state index contributed by atoms with van der Waals surface area (Å²) in [6.45, 7) is -0.943. The summed E-state index contributed by atoms with van der Waals surface area (Å²) >= 11 is 0. The van der Waals surface area contributed by atoms with Crippen molar-refractivity contribution >= 4 is 23.4 Å². The molecule has 0 spiro atoms. The first-order valence-electron chi connectivity index (χ1n) is 17.4. The number of piperidine rings is 1. The molecule has 3 heterocycles. The van der Waals surface area contributed by atoms with E-state index in [1.807, 2.05) is 0 Å². The number of halogens is 1. The van der Waals surface area contributed by atoms with Crippen molar-refractivity contribution in [3.63, 3.8) is 0 Å². The summed E-state index contributed by atoms with van der Waals surface area (Å²) < 4.78 is 116. The van der Waals surface area contributed by atoms with Gasteiger partial charge in [-0.05, 0) is 63.9 Å². The van der Waals surface area contributed by atoms with E-state index in [4.69, 9.17) is 19.8 Å². The molecule has 2 fully saturated rings. The molecule has 0 saturated carbocycles. The molecule has 9 heteroatoms. The van der Waals surface area contributed by atoms with E-state index >= 15 is 4.39 Å². The molecule has 8 nitrogen and oxygen atoms in total. The first-order valence-corrected chi connectivity index (χ1v) is 11.9. The maximum absolute atomic E-state index is 15.4. The average molecular weight is 534 g/mol. The van der Waals surface area contributed by atoms with Crippen LogP contribution < -0.4 is 10.6 Å². The van der Waals surface area contributed by atoms with Gasteiger partial charge in [-0.2, -0.15) is 0 Å². The fourth-order valence-corrected chi connectivity index (χ4v) is 4.79. The van der Waals surface area contributed by atoms with Crippen LogP contribution in [0.5, 0.6) is 0 Å². The highest BCUT2D eigenvalue weighted by Gasteiger charge is 2.40. The van der Waals surface area contributed by atoms with Crippen LogP contribution in [0.2, 0.25) is 0 Å². The molecular formula is C29H35FN4O4. The Morgan fingerprint density at radius 1 is 1.18 bits per heavy atom. The van der Waals surface area contributed by atoms with Crippen molar-refractivity contribution in [2.75, 3.05) is 18.4 Å². The number of benzene rings is 2. The highest BCUT2D eigenvalue weighted by atomic mass is 19.1. The smallest absolute Gasteiger partial charge is 0.255 e. The minimum Gasteiger partial charge on any atom is -0.381 e. The van der Waals surface area contributed by atoms with Crippen molar-refractivity contribution in [3.05, 3.63) is 64.5 Å². The fourth-order valence-electron chi connectivity index (χ4n) is 4.79. The number of nitrogens with zero attached hydrogens (tertiary/aromatic N) is 2. The third kappa shape index (κ3) is 5.44. The number of ether oxygens (including phenoxy) is 1. The van der Waals surface area contributed by atoms with Crippen molar-refractivity contribution in [2.45, 2.75) is 77.2 Å². The van der Waals surface area contributed by atoms with E-state index in [0.29, 0.717) is 0 Å². The molecule has 2 saturated heterocycles.